The Kier molecular flexibility index (Phi) is 6.21. The fraction of sp³-hybridized carbons (Fsp3) is 0.720. The highest BCUT2D eigenvalue weighted by Gasteiger charge is 2.49. The molecule has 1 fully saturated rings. The van der Waals surface area contributed by atoms with Gasteiger partial charge < -0.3 is 14.9 Å². The minimum atomic E-state index is -0.723. The van der Waals surface area contributed by atoms with Crippen LogP contribution in [0, 0.1) is 11.8 Å². The van der Waals surface area contributed by atoms with Crippen LogP contribution in [0.1, 0.15) is 103 Å². The fourth-order valence-corrected chi connectivity index (χ4v) is 5.50. The summed E-state index contributed by atoms with van der Waals surface area (Å²) in [4.78, 5) is 11.6. The number of carbonyl (C=O) groups is 1. The third-order valence-corrected chi connectivity index (χ3v) is 7.39. The van der Waals surface area contributed by atoms with Gasteiger partial charge in [0.15, 0.2) is 0 Å². The Balaban J connectivity index is 1.93. The zero-order valence-electron chi connectivity index (χ0n) is 18.8. The standard InChI is InChI=1S/C25H38O4/c1-6-7-8-9-12-24(2,3)17-14-20(26)22-18-13-16(23(27)28)10-11-19(18)25(4,5)29-21(22)15-17/h14-16,18-19,26H,6-13H2,1-5H3,(H,27,28)/t16?,18-,19-/m1/s1. The largest absolute Gasteiger partial charge is 0.508 e. The number of phenols is 1. The molecule has 0 saturated heterocycles. The summed E-state index contributed by atoms with van der Waals surface area (Å²) < 4.78 is 6.44. The molecule has 0 amide bonds. The molecule has 3 rings (SSSR count). The number of phenolic OH excluding ortho intramolecular Hbond substituents is 1. The number of fused-ring (bicyclic) bond motifs is 3. The van der Waals surface area contributed by atoms with Crippen molar-refractivity contribution in [1.29, 1.82) is 0 Å². The Morgan fingerprint density at radius 1 is 1.21 bits per heavy atom. The maximum atomic E-state index is 11.6. The van der Waals surface area contributed by atoms with E-state index in [0.29, 0.717) is 12.8 Å². The van der Waals surface area contributed by atoms with Gasteiger partial charge in [-0.1, -0.05) is 46.5 Å². The van der Waals surface area contributed by atoms with Gasteiger partial charge in [-0.15, -0.1) is 0 Å². The first-order valence-electron chi connectivity index (χ1n) is 11.4. The van der Waals surface area contributed by atoms with E-state index >= 15 is 0 Å². The lowest BCUT2D eigenvalue weighted by Crippen LogP contribution is -2.47. The third-order valence-electron chi connectivity index (χ3n) is 7.39. The van der Waals surface area contributed by atoms with Crippen molar-refractivity contribution in [2.75, 3.05) is 0 Å². The van der Waals surface area contributed by atoms with Gasteiger partial charge in [-0.3, -0.25) is 4.79 Å². The summed E-state index contributed by atoms with van der Waals surface area (Å²) in [5, 5.41) is 20.6. The molecule has 2 aliphatic rings. The second-order valence-corrected chi connectivity index (χ2v) is 10.4. The Morgan fingerprint density at radius 2 is 1.93 bits per heavy atom. The molecule has 4 nitrogen and oxygen atoms in total. The number of unbranched alkanes of at least 4 members (excludes halogenated alkanes) is 3. The van der Waals surface area contributed by atoms with E-state index < -0.39 is 5.97 Å². The van der Waals surface area contributed by atoms with Crippen molar-refractivity contribution in [3.8, 4) is 11.5 Å². The van der Waals surface area contributed by atoms with Gasteiger partial charge in [0, 0.05) is 11.5 Å². The molecule has 1 aromatic carbocycles. The van der Waals surface area contributed by atoms with Gasteiger partial charge in [-0.25, -0.2) is 0 Å². The molecule has 1 aliphatic heterocycles. The topological polar surface area (TPSA) is 66.8 Å². The van der Waals surface area contributed by atoms with Crippen molar-refractivity contribution in [1.82, 2.24) is 0 Å². The zero-order valence-corrected chi connectivity index (χ0v) is 18.8. The minimum Gasteiger partial charge on any atom is -0.508 e. The van der Waals surface area contributed by atoms with Crippen molar-refractivity contribution in [2.24, 2.45) is 11.8 Å². The van der Waals surface area contributed by atoms with Crippen LogP contribution >= 0.6 is 0 Å². The second-order valence-electron chi connectivity index (χ2n) is 10.4. The predicted octanol–water partition coefficient (Wildman–Crippen LogP) is 6.40. The van der Waals surface area contributed by atoms with Gasteiger partial charge in [-0.05, 0) is 68.6 Å². The quantitative estimate of drug-likeness (QED) is 0.518. The van der Waals surface area contributed by atoms with Gasteiger partial charge in [0.2, 0.25) is 0 Å². The summed E-state index contributed by atoms with van der Waals surface area (Å²) in [6.45, 7) is 10.9. The number of aromatic hydroxyl groups is 1. The molecule has 2 N–H and O–H groups in total. The van der Waals surface area contributed by atoms with Crippen LogP contribution in [0.3, 0.4) is 0 Å². The van der Waals surface area contributed by atoms with Crippen molar-refractivity contribution in [2.45, 2.75) is 103 Å². The molecule has 0 bridgehead atoms. The minimum absolute atomic E-state index is 0.0327. The average molecular weight is 403 g/mol. The maximum absolute atomic E-state index is 11.6. The van der Waals surface area contributed by atoms with Crippen LogP contribution in [0.2, 0.25) is 0 Å². The summed E-state index contributed by atoms with van der Waals surface area (Å²) in [6.07, 6.45) is 8.05. The fourth-order valence-electron chi connectivity index (χ4n) is 5.50. The molecule has 1 unspecified atom stereocenters. The van der Waals surface area contributed by atoms with E-state index in [9.17, 15) is 15.0 Å². The van der Waals surface area contributed by atoms with E-state index in [4.69, 9.17) is 4.74 Å². The van der Waals surface area contributed by atoms with Crippen molar-refractivity contribution in [3.63, 3.8) is 0 Å². The number of benzene rings is 1. The SMILES string of the molecule is CCCCCCC(C)(C)c1cc(O)c2c(c1)OC(C)(C)[C@@H]1CCC(C(=O)O)C[C@@H]21. The first-order chi connectivity index (χ1) is 13.6. The van der Waals surface area contributed by atoms with E-state index in [0.717, 1.165) is 29.7 Å². The van der Waals surface area contributed by atoms with Crippen LogP contribution in [0.4, 0.5) is 0 Å². The Morgan fingerprint density at radius 3 is 2.59 bits per heavy atom. The summed E-state index contributed by atoms with van der Waals surface area (Å²) in [5.74, 6) is 0.218. The normalized spacial score (nSPS) is 25.6. The molecule has 0 spiro atoms. The van der Waals surface area contributed by atoms with Crippen LogP contribution in [-0.2, 0) is 10.2 Å². The third kappa shape index (κ3) is 4.41. The molecular formula is C25H38O4. The van der Waals surface area contributed by atoms with Crippen LogP contribution in [0.15, 0.2) is 12.1 Å². The lowest BCUT2D eigenvalue weighted by Gasteiger charge is -2.49. The van der Waals surface area contributed by atoms with Crippen LogP contribution < -0.4 is 4.74 Å². The first-order valence-corrected chi connectivity index (χ1v) is 11.4. The first kappa shape index (κ1) is 22.0. The molecule has 1 aliphatic carbocycles. The molecule has 1 heterocycles. The number of rotatable bonds is 7. The van der Waals surface area contributed by atoms with E-state index in [-0.39, 0.29) is 34.5 Å². The Hall–Kier alpha value is -1.71. The molecule has 0 radical (unpaired) electrons. The number of aliphatic carboxylic acids is 1. The highest BCUT2D eigenvalue weighted by Crippen LogP contribution is 2.56. The summed E-state index contributed by atoms with van der Waals surface area (Å²) >= 11 is 0. The Bertz CT molecular complexity index is 749. The molecule has 1 aromatic rings. The Labute approximate surface area is 175 Å². The van der Waals surface area contributed by atoms with Gasteiger partial charge in [-0.2, -0.15) is 0 Å². The van der Waals surface area contributed by atoms with E-state index in [1.54, 1.807) is 0 Å². The van der Waals surface area contributed by atoms with Crippen LogP contribution in [0.25, 0.3) is 0 Å². The highest BCUT2D eigenvalue weighted by atomic mass is 16.5. The molecule has 0 aromatic heterocycles. The molecule has 3 atom stereocenters. The summed E-state index contributed by atoms with van der Waals surface area (Å²) in [5.41, 5.74) is 1.52. The van der Waals surface area contributed by atoms with Gasteiger partial charge >= 0.3 is 5.97 Å². The predicted molar refractivity (Wildman–Crippen MR) is 116 cm³/mol. The lowest BCUT2D eigenvalue weighted by molar-refractivity contribution is -0.144. The van der Waals surface area contributed by atoms with Crippen molar-refractivity contribution in [3.05, 3.63) is 23.3 Å². The number of ether oxygens (including phenoxy) is 1. The molecule has 162 valence electrons. The molecule has 1 saturated carbocycles. The van der Waals surface area contributed by atoms with E-state index in [2.05, 4.69) is 40.7 Å². The average Bonchev–Trinajstić information content (AvgIpc) is 2.64. The number of hydrogen-bond donors (Lipinski definition) is 2. The van der Waals surface area contributed by atoms with Crippen molar-refractivity contribution >= 4 is 5.97 Å². The summed E-state index contributed by atoms with van der Waals surface area (Å²) in [7, 11) is 0. The zero-order chi connectivity index (χ0) is 21.4. The molecule has 4 heteroatoms. The van der Waals surface area contributed by atoms with E-state index in [1.807, 2.05) is 6.07 Å². The van der Waals surface area contributed by atoms with Gasteiger partial charge in [0.05, 0.1) is 5.92 Å². The highest BCUT2D eigenvalue weighted by molar-refractivity contribution is 5.70. The summed E-state index contributed by atoms with van der Waals surface area (Å²) in [6, 6.07) is 4.01. The number of carboxylic acid groups (broad SMARTS) is 1. The van der Waals surface area contributed by atoms with Crippen LogP contribution in [0.5, 0.6) is 11.5 Å². The van der Waals surface area contributed by atoms with Crippen molar-refractivity contribution < 1.29 is 19.7 Å². The molecular weight excluding hydrogens is 364 g/mol. The van der Waals surface area contributed by atoms with E-state index in [1.165, 1.54) is 25.7 Å². The monoisotopic (exact) mass is 402 g/mol. The van der Waals surface area contributed by atoms with Gasteiger partial charge in [0.1, 0.15) is 17.1 Å². The van der Waals surface area contributed by atoms with Gasteiger partial charge in [0.25, 0.3) is 0 Å². The van der Waals surface area contributed by atoms with Crippen LogP contribution in [-0.4, -0.2) is 21.8 Å². The number of carboxylic acids is 1. The number of hydrogen-bond acceptors (Lipinski definition) is 3. The maximum Gasteiger partial charge on any atom is 0.306 e. The molecule has 29 heavy (non-hydrogen) atoms. The smallest absolute Gasteiger partial charge is 0.306 e. The lowest BCUT2D eigenvalue weighted by atomic mass is 9.63. The second kappa shape index (κ2) is 8.20.